The Hall–Kier alpha value is -2.60. The van der Waals surface area contributed by atoms with Crippen LogP contribution >= 0.6 is 11.6 Å². The minimum atomic E-state index is -0.508. The van der Waals surface area contributed by atoms with Crippen LogP contribution in [0.15, 0.2) is 41.4 Å². The molecule has 1 saturated heterocycles. The van der Waals surface area contributed by atoms with Gasteiger partial charge < -0.3 is 14.5 Å². The molecule has 0 unspecified atom stereocenters. The van der Waals surface area contributed by atoms with Crippen LogP contribution in [0.25, 0.3) is 0 Å². The molecule has 0 bridgehead atoms. The van der Waals surface area contributed by atoms with E-state index < -0.39 is 5.60 Å². The average Bonchev–Trinajstić information content (AvgIpc) is 2.71. The SMILES string of the molecule is C=Nc1c(CCc2ccc(Cl)cc2F)cccc1N1CCN(C(=O)OC(C)(C)C)CC1. The molecule has 1 fully saturated rings. The molecular formula is C24H29ClFN3O2. The molecule has 2 aromatic rings. The van der Waals surface area contributed by atoms with Gasteiger partial charge in [0, 0.05) is 31.2 Å². The van der Waals surface area contributed by atoms with Gasteiger partial charge in [-0.25, -0.2) is 9.18 Å². The summed E-state index contributed by atoms with van der Waals surface area (Å²) in [4.78, 5) is 20.5. The molecule has 0 N–H and O–H groups in total. The molecule has 5 nitrogen and oxygen atoms in total. The van der Waals surface area contributed by atoms with Crippen LogP contribution < -0.4 is 4.90 Å². The van der Waals surface area contributed by atoms with Crippen LogP contribution in [0.1, 0.15) is 31.9 Å². The summed E-state index contributed by atoms with van der Waals surface area (Å²) >= 11 is 5.85. The van der Waals surface area contributed by atoms with E-state index in [-0.39, 0.29) is 11.9 Å². The Bertz CT molecular complexity index is 950. The van der Waals surface area contributed by atoms with Gasteiger partial charge in [-0.05, 0) is 69.7 Å². The number of carbonyl (C=O) groups excluding carboxylic acids is 1. The highest BCUT2D eigenvalue weighted by Gasteiger charge is 2.27. The molecule has 166 valence electrons. The summed E-state index contributed by atoms with van der Waals surface area (Å²) in [6, 6.07) is 10.8. The van der Waals surface area contributed by atoms with Crippen LogP contribution in [0.5, 0.6) is 0 Å². The number of rotatable bonds is 5. The molecular weight excluding hydrogens is 417 g/mol. The normalized spacial score (nSPS) is 14.5. The van der Waals surface area contributed by atoms with E-state index in [9.17, 15) is 9.18 Å². The van der Waals surface area contributed by atoms with E-state index in [1.165, 1.54) is 6.07 Å². The first-order chi connectivity index (χ1) is 14.7. The van der Waals surface area contributed by atoms with Crippen molar-refractivity contribution < 1.29 is 13.9 Å². The van der Waals surface area contributed by atoms with Crippen molar-refractivity contribution in [2.24, 2.45) is 4.99 Å². The fraction of sp³-hybridized carbons (Fsp3) is 0.417. The van der Waals surface area contributed by atoms with Gasteiger partial charge in [0.05, 0.1) is 11.4 Å². The molecule has 0 spiro atoms. The van der Waals surface area contributed by atoms with Crippen molar-refractivity contribution in [3.63, 3.8) is 0 Å². The summed E-state index contributed by atoms with van der Waals surface area (Å²) in [5, 5.41) is 0.391. The zero-order valence-corrected chi connectivity index (χ0v) is 19.1. The van der Waals surface area contributed by atoms with Gasteiger partial charge in [-0.2, -0.15) is 0 Å². The van der Waals surface area contributed by atoms with Gasteiger partial charge in [-0.15, -0.1) is 0 Å². The monoisotopic (exact) mass is 445 g/mol. The molecule has 3 rings (SSSR count). The third kappa shape index (κ3) is 5.97. The second-order valence-electron chi connectivity index (χ2n) is 8.63. The van der Waals surface area contributed by atoms with Crippen molar-refractivity contribution in [3.05, 3.63) is 58.4 Å². The first-order valence-corrected chi connectivity index (χ1v) is 10.8. The number of carbonyl (C=O) groups is 1. The van der Waals surface area contributed by atoms with Crippen LogP contribution in [-0.2, 0) is 17.6 Å². The van der Waals surface area contributed by atoms with Gasteiger partial charge >= 0.3 is 6.09 Å². The Morgan fingerprint density at radius 3 is 2.42 bits per heavy atom. The largest absolute Gasteiger partial charge is 0.444 e. The van der Waals surface area contributed by atoms with Crippen molar-refractivity contribution in [2.45, 2.75) is 39.2 Å². The topological polar surface area (TPSA) is 45.1 Å². The third-order valence-electron chi connectivity index (χ3n) is 5.21. The molecule has 1 aliphatic heterocycles. The summed E-state index contributed by atoms with van der Waals surface area (Å²) in [5.41, 5.74) is 2.91. The molecule has 1 aliphatic rings. The molecule has 0 aromatic heterocycles. The van der Waals surface area contributed by atoms with Crippen molar-refractivity contribution in [3.8, 4) is 0 Å². The number of aliphatic imine (C=N–C) groups is 1. The third-order valence-corrected chi connectivity index (χ3v) is 5.44. The highest BCUT2D eigenvalue weighted by atomic mass is 35.5. The number of piperazine rings is 1. The van der Waals surface area contributed by atoms with Crippen molar-refractivity contribution in [2.75, 3.05) is 31.1 Å². The molecule has 2 aromatic carbocycles. The average molecular weight is 446 g/mol. The molecule has 0 radical (unpaired) electrons. The zero-order chi connectivity index (χ0) is 22.6. The highest BCUT2D eigenvalue weighted by molar-refractivity contribution is 6.30. The maximum absolute atomic E-state index is 14.1. The standard InChI is InChI=1S/C24H29ClFN3O2/c1-24(2,3)31-23(30)29-14-12-28(13-15-29)21-7-5-6-18(22(21)27-4)9-8-17-10-11-19(25)16-20(17)26/h5-7,10-11,16H,4,8-9,12-15H2,1-3H3. The second-order valence-corrected chi connectivity index (χ2v) is 9.07. The number of benzene rings is 2. The van der Waals surface area contributed by atoms with E-state index in [0.717, 1.165) is 16.9 Å². The Kier molecular flexibility index (Phi) is 7.21. The number of nitrogens with zero attached hydrogens (tertiary/aromatic N) is 3. The van der Waals surface area contributed by atoms with Gasteiger partial charge in [0.25, 0.3) is 0 Å². The van der Waals surface area contributed by atoms with Crippen LogP contribution in [0, 0.1) is 5.82 Å². The zero-order valence-electron chi connectivity index (χ0n) is 18.3. The summed E-state index contributed by atoms with van der Waals surface area (Å²) in [7, 11) is 0. The fourth-order valence-electron chi connectivity index (χ4n) is 3.67. The lowest BCUT2D eigenvalue weighted by molar-refractivity contribution is 0.0240. The fourth-order valence-corrected chi connectivity index (χ4v) is 3.83. The lowest BCUT2D eigenvalue weighted by Crippen LogP contribution is -2.50. The Morgan fingerprint density at radius 2 is 1.81 bits per heavy atom. The van der Waals surface area contributed by atoms with E-state index in [2.05, 4.69) is 16.6 Å². The van der Waals surface area contributed by atoms with Crippen LogP contribution in [0.3, 0.4) is 0 Å². The van der Waals surface area contributed by atoms with Gasteiger partial charge in [0.1, 0.15) is 11.4 Å². The molecule has 0 aliphatic carbocycles. The first kappa shape index (κ1) is 23.1. The number of para-hydroxylation sites is 1. The van der Waals surface area contributed by atoms with Crippen molar-refractivity contribution >= 4 is 35.8 Å². The van der Waals surface area contributed by atoms with E-state index in [0.29, 0.717) is 49.6 Å². The number of hydrogen-bond acceptors (Lipinski definition) is 4. The van der Waals surface area contributed by atoms with E-state index >= 15 is 0 Å². The lowest BCUT2D eigenvalue weighted by Gasteiger charge is -2.37. The van der Waals surface area contributed by atoms with Gasteiger partial charge in [-0.1, -0.05) is 29.8 Å². The van der Waals surface area contributed by atoms with E-state index in [1.807, 2.05) is 39.0 Å². The summed E-state index contributed by atoms with van der Waals surface area (Å²) in [5.74, 6) is -0.296. The van der Waals surface area contributed by atoms with Crippen LogP contribution in [0.4, 0.5) is 20.6 Å². The minimum Gasteiger partial charge on any atom is -0.444 e. The van der Waals surface area contributed by atoms with Crippen molar-refractivity contribution in [1.82, 2.24) is 4.90 Å². The van der Waals surface area contributed by atoms with Crippen LogP contribution in [-0.4, -0.2) is 49.5 Å². The molecule has 1 heterocycles. The van der Waals surface area contributed by atoms with E-state index in [1.54, 1.807) is 17.0 Å². The minimum absolute atomic E-state index is 0.284. The summed E-state index contributed by atoms with van der Waals surface area (Å²) in [6.07, 6.45) is 0.896. The molecule has 31 heavy (non-hydrogen) atoms. The molecule has 1 amide bonds. The Labute approximate surface area is 188 Å². The molecule has 7 heteroatoms. The number of halogens is 2. The smallest absolute Gasteiger partial charge is 0.410 e. The number of hydrogen-bond donors (Lipinski definition) is 0. The Morgan fingerprint density at radius 1 is 1.13 bits per heavy atom. The number of amides is 1. The van der Waals surface area contributed by atoms with Crippen molar-refractivity contribution in [1.29, 1.82) is 0 Å². The van der Waals surface area contributed by atoms with Gasteiger partial charge in [0.2, 0.25) is 0 Å². The van der Waals surface area contributed by atoms with E-state index in [4.69, 9.17) is 16.3 Å². The summed E-state index contributed by atoms with van der Waals surface area (Å²) in [6.45, 7) is 11.9. The predicted molar refractivity (Wildman–Crippen MR) is 124 cm³/mol. The number of aryl methyl sites for hydroxylation is 2. The number of anilines is 1. The highest BCUT2D eigenvalue weighted by Crippen LogP contribution is 2.34. The summed E-state index contributed by atoms with van der Waals surface area (Å²) < 4.78 is 19.6. The van der Waals surface area contributed by atoms with Gasteiger partial charge in [-0.3, -0.25) is 4.99 Å². The van der Waals surface area contributed by atoms with Gasteiger partial charge in [0.15, 0.2) is 0 Å². The molecule has 0 saturated carbocycles. The lowest BCUT2D eigenvalue weighted by atomic mass is 10.0. The maximum atomic E-state index is 14.1. The Balaban J connectivity index is 1.69. The predicted octanol–water partition coefficient (Wildman–Crippen LogP) is 5.65. The quantitative estimate of drug-likeness (QED) is 0.558. The second kappa shape index (κ2) is 9.69. The number of ether oxygens (including phenoxy) is 1. The first-order valence-electron chi connectivity index (χ1n) is 10.4. The van der Waals surface area contributed by atoms with Crippen LogP contribution in [0.2, 0.25) is 5.02 Å². The maximum Gasteiger partial charge on any atom is 0.410 e. The molecule has 0 atom stereocenters.